The summed E-state index contributed by atoms with van der Waals surface area (Å²) in [6.07, 6.45) is 27.9. The van der Waals surface area contributed by atoms with Gasteiger partial charge in [0, 0.05) is 0 Å². The van der Waals surface area contributed by atoms with E-state index in [1.807, 2.05) is 0 Å². The third-order valence-corrected chi connectivity index (χ3v) is 5.35. The summed E-state index contributed by atoms with van der Waals surface area (Å²) in [5.41, 5.74) is 0. The maximum atomic E-state index is 3.80. The zero-order chi connectivity index (χ0) is 18.6. The molecular weight excluding hydrogens is 300 g/mol. The highest BCUT2D eigenvalue weighted by atomic mass is 14.2. The summed E-state index contributed by atoms with van der Waals surface area (Å²) in [7, 11) is 0. The van der Waals surface area contributed by atoms with Crippen LogP contribution in [0.5, 0.6) is 0 Å². The van der Waals surface area contributed by atoms with E-state index in [0.29, 0.717) is 0 Å². The average molecular weight is 349 g/mol. The van der Waals surface area contributed by atoms with Gasteiger partial charge in [0.1, 0.15) is 0 Å². The Morgan fingerprint density at radius 3 is 1.28 bits per heavy atom. The Morgan fingerprint density at radius 2 is 0.920 bits per heavy atom. The Kier molecular flexibility index (Phi) is 19.4. The van der Waals surface area contributed by atoms with Gasteiger partial charge in [-0.15, -0.1) is 13.2 Å². The van der Waals surface area contributed by atoms with Gasteiger partial charge in [0.15, 0.2) is 0 Å². The molecule has 0 unspecified atom stereocenters. The normalized spacial score (nSPS) is 11.4. The van der Waals surface area contributed by atoms with Crippen molar-refractivity contribution in [2.45, 2.75) is 123 Å². The zero-order valence-corrected chi connectivity index (χ0v) is 17.7. The van der Waals surface area contributed by atoms with Crippen molar-refractivity contribution in [1.82, 2.24) is 0 Å². The molecule has 0 heteroatoms. The molecule has 0 bridgehead atoms. The van der Waals surface area contributed by atoms with Gasteiger partial charge in [0.25, 0.3) is 0 Å². The molecule has 25 heavy (non-hydrogen) atoms. The molecule has 0 aliphatic rings. The van der Waals surface area contributed by atoms with Crippen LogP contribution in [0.2, 0.25) is 0 Å². The van der Waals surface area contributed by atoms with E-state index in [1.54, 1.807) is 0 Å². The standard InChI is InChI=1S/C25H48/c1-5-7-9-11-13-15-17-19-21-25(23-24(3)4)22-20-18-16-14-12-10-8-6-2/h5-6,24-25H,1-2,7-23H2,3-4H3. The largest absolute Gasteiger partial charge is 0.103 e. The Morgan fingerprint density at radius 1 is 0.560 bits per heavy atom. The lowest BCUT2D eigenvalue weighted by atomic mass is 9.87. The molecule has 0 fully saturated rings. The van der Waals surface area contributed by atoms with E-state index in [-0.39, 0.29) is 0 Å². The summed E-state index contributed by atoms with van der Waals surface area (Å²) in [4.78, 5) is 0. The third-order valence-electron chi connectivity index (χ3n) is 5.35. The molecule has 0 saturated heterocycles. The fraction of sp³-hybridized carbons (Fsp3) is 0.840. The van der Waals surface area contributed by atoms with Crippen molar-refractivity contribution < 1.29 is 0 Å². The first-order chi connectivity index (χ1) is 12.2. The highest BCUT2D eigenvalue weighted by molar-refractivity contribution is 4.67. The number of rotatable bonds is 20. The van der Waals surface area contributed by atoms with Crippen LogP contribution in [0.3, 0.4) is 0 Å². The molecule has 0 aromatic rings. The minimum atomic E-state index is 0.864. The number of hydrogen-bond acceptors (Lipinski definition) is 0. The quantitative estimate of drug-likeness (QED) is 0.152. The number of unbranched alkanes of at least 4 members (excludes halogenated alkanes) is 12. The maximum Gasteiger partial charge on any atom is -0.0353 e. The Balaban J connectivity index is 3.61. The molecule has 0 atom stereocenters. The summed E-state index contributed by atoms with van der Waals surface area (Å²) in [5.74, 6) is 1.85. The molecule has 0 aliphatic heterocycles. The van der Waals surface area contributed by atoms with Crippen molar-refractivity contribution in [2.75, 3.05) is 0 Å². The SMILES string of the molecule is C=CCCCCCCCCC(CCCCCCCCC=C)CC(C)C. The van der Waals surface area contributed by atoms with Gasteiger partial charge in [-0.05, 0) is 43.9 Å². The maximum absolute atomic E-state index is 3.80. The van der Waals surface area contributed by atoms with Crippen LogP contribution in [-0.2, 0) is 0 Å². The van der Waals surface area contributed by atoms with Crippen LogP contribution >= 0.6 is 0 Å². The molecule has 0 amide bonds. The van der Waals surface area contributed by atoms with Crippen molar-refractivity contribution in [3.05, 3.63) is 25.3 Å². The molecule has 0 spiro atoms. The molecule has 0 N–H and O–H groups in total. The second-order valence-electron chi connectivity index (χ2n) is 8.47. The lowest BCUT2D eigenvalue weighted by Gasteiger charge is -2.19. The predicted molar refractivity (Wildman–Crippen MR) is 117 cm³/mol. The zero-order valence-electron chi connectivity index (χ0n) is 17.7. The van der Waals surface area contributed by atoms with Gasteiger partial charge in [0.2, 0.25) is 0 Å². The van der Waals surface area contributed by atoms with Gasteiger partial charge < -0.3 is 0 Å². The fourth-order valence-corrected chi connectivity index (χ4v) is 3.90. The van der Waals surface area contributed by atoms with E-state index >= 15 is 0 Å². The summed E-state index contributed by atoms with van der Waals surface area (Å²) >= 11 is 0. The molecule has 0 aromatic heterocycles. The highest BCUT2D eigenvalue weighted by Crippen LogP contribution is 2.25. The third kappa shape index (κ3) is 19.7. The minimum Gasteiger partial charge on any atom is -0.103 e. The van der Waals surface area contributed by atoms with Gasteiger partial charge in [-0.1, -0.05) is 103 Å². The number of allylic oxidation sites excluding steroid dienone is 2. The molecule has 0 nitrogen and oxygen atoms in total. The lowest BCUT2D eigenvalue weighted by Crippen LogP contribution is -2.05. The van der Waals surface area contributed by atoms with E-state index in [0.717, 1.165) is 11.8 Å². The van der Waals surface area contributed by atoms with E-state index in [9.17, 15) is 0 Å². The van der Waals surface area contributed by atoms with Crippen molar-refractivity contribution in [1.29, 1.82) is 0 Å². The van der Waals surface area contributed by atoms with Gasteiger partial charge in [-0.3, -0.25) is 0 Å². The lowest BCUT2D eigenvalue weighted by molar-refractivity contribution is 0.338. The molecule has 0 aliphatic carbocycles. The topological polar surface area (TPSA) is 0 Å². The van der Waals surface area contributed by atoms with Gasteiger partial charge >= 0.3 is 0 Å². The van der Waals surface area contributed by atoms with Crippen LogP contribution in [0, 0.1) is 11.8 Å². The predicted octanol–water partition coefficient (Wildman–Crippen LogP) is 9.26. The van der Waals surface area contributed by atoms with Crippen LogP contribution in [0.1, 0.15) is 123 Å². The Hall–Kier alpha value is -0.520. The summed E-state index contributed by atoms with van der Waals surface area (Å²) < 4.78 is 0. The van der Waals surface area contributed by atoms with Crippen molar-refractivity contribution in [2.24, 2.45) is 11.8 Å². The molecule has 0 rings (SSSR count). The van der Waals surface area contributed by atoms with Crippen LogP contribution in [0.25, 0.3) is 0 Å². The smallest absolute Gasteiger partial charge is 0.0353 e. The monoisotopic (exact) mass is 348 g/mol. The first-order valence-electron chi connectivity index (χ1n) is 11.4. The van der Waals surface area contributed by atoms with Crippen LogP contribution in [0.4, 0.5) is 0 Å². The fourth-order valence-electron chi connectivity index (χ4n) is 3.90. The van der Waals surface area contributed by atoms with Gasteiger partial charge in [0.05, 0.1) is 0 Å². The Bertz CT molecular complexity index is 252. The summed E-state index contributed by atoms with van der Waals surface area (Å²) in [6, 6.07) is 0. The molecule has 0 saturated carbocycles. The van der Waals surface area contributed by atoms with Crippen LogP contribution in [-0.4, -0.2) is 0 Å². The summed E-state index contributed by atoms with van der Waals surface area (Å²) in [6.45, 7) is 12.4. The van der Waals surface area contributed by atoms with E-state index in [2.05, 4.69) is 39.2 Å². The van der Waals surface area contributed by atoms with Crippen molar-refractivity contribution in [3.8, 4) is 0 Å². The summed E-state index contributed by atoms with van der Waals surface area (Å²) in [5, 5.41) is 0. The average Bonchev–Trinajstić information content (AvgIpc) is 2.58. The molecular formula is C25H48. The van der Waals surface area contributed by atoms with Crippen molar-refractivity contribution >= 4 is 0 Å². The van der Waals surface area contributed by atoms with Crippen LogP contribution < -0.4 is 0 Å². The molecule has 0 aromatic carbocycles. The van der Waals surface area contributed by atoms with Gasteiger partial charge in [-0.2, -0.15) is 0 Å². The van der Waals surface area contributed by atoms with E-state index in [1.165, 1.54) is 109 Å². The Labute approximate surface area is 160 Å². The van der Waals surface area contributed by atoms with Crippen LogP contribution in [0.15, 0.2) is 25.3 Å². The molecule has 148 valence electrons. The highest BCUT2D eigenvalue weighted by Gasteiger charge is 2.10. The molecule has 0 heterocycles. The first kappa shape index (κ1) is 24.5. The van der Waals surface area contributed by atoms with E-state index < -0.39 is 0 Å². The van der Waals surface area contributed by atoms with E-state index in [4.69, 9.17) is 0 Å². The van der Waals surface area contributed by atoms with Gasteiger partial charge in [-0.25, -0.2) is 0 Å². The minimum absolute atomic E-state index is 0.864. The first-order valence-corrected chi connectivity index (χ1v) is 11.4. The number of hydrogen-bond donors (Lipinski definition) is 0. The second kappa shape index (κ2) is 19.8. The second-order valence-corrected chi connectivity index (χ2v) is 8.47. The molecule has 0 radical (unpaired) electrons. The van der Waals surface area contributed by atoms with Crippen molar-refractivity contribution in [3.63, 3.8) is 0 Å².